The number of fused-ring (bicyclic) bond motifs is 1. The van der Waals surface area contributed by atoms with Crippen LogP contribution in [0.5, 0.6) is 17.2 Å². The van der Waals surface area contributed by atoms with Gasteiger partial charge in [-0.2, -0.15) is 26.3 Å². The van der Waals surface area contributed by atoms with Crippen molar-refractivity contribution in [1.29, 1.82) is 0 Å². The Kier molecular flexibility index (Phi) is 7.45. The fourth-order valence-corrected chi connectivity index (χ4v) is 4.44. The molecule has 8 nitrogen and oxygen atoms in total. The van der Waals surface area contributed by atoms with Gasteiger partial charge in [0, 0.05) is 16.7 Å². The maximum Gasteiger partial charge on any atom is 0.424 e. The molecule has 2 heterocycles. The number of rotatable bonds is 8. The van der Waals surface area contributed by atoms with Crippen molar-refractivity contribution in [2.75, 3.05) is 20.3 Å². The molecule has 0 radical (unpaired) electrons. The Morgan fingerprint density at radius 3 is 2.35 bits per heavy atom. The minimum Gasteiger partial charge on any atom is -0.493 e. The lowest BCUT2D eigenvalue weighted by Gasteiger charge is -2.32. The minimum atomic E-state index is -5.56. The average Bonchev–Trinajstić information content (AvgIpc) is 3.70. The molecule has 43 heavy (non-hydrogen) atoms. The summed E-state index contributed by atoms with van der Waals surface area (Å²) in [5, 5.41) is 13.0. The van der Waals surface area contributed by atoms with Gasteiger partial charge in [-0.1, -0.05) is 0 Å². The molecule has 15 heteroatoms. The third-order valence-electron chi connectivity index (χ3n) is 7.16. The predicted octanol–water partition coefficient (Wildman–Crippen LogP) is 4.73. The standard InChI is InChI=1S/C28H24F7N3O5/c1-41-20-10-15(4-9-19(20)43-17-7-8-17)24(39)37-12-26(40,28(33,34)35)21-11-18-23(42-13-25(18,36)27(30,31)32)22(38-21)14-2-5-16(29)6-3-14/h2-6,9-11,17,40H,7-8,12-13,36H2,1H3,(H,37,39). The topological polar surface area (TPSA) is 116 Å². The van der Waals surface area contributed by atoms with E-state index in [1.165, 1.54) is 25.3 Å². The summed E-state index contributed by atoms with van der Waals surface area (Å²) in [4.78, 5) is 16.7. The molecule has 1 aliphatic carbocycles. The van der Waals surface area contributed by atoms with Crippen molar-refractivity contribution in [3.05, 3.63) is 71.2 Å². The van der Waals surface area contributed by atoms with Gasteiger partial charge < -0.3 is 30.4 Å². The first-order chi connectivity index (χ1) is 20.1. The Morgan fingerprint density at radius 2 is 1.77 bits per heavy atom. The molecule has 2 aromatic carbocycles. The molecule has 1 amide bonds. The Bertz CT molecular complexity index is 1540. The lowest BCUT2D eigenvalue weighted by Crippen LogP contribution is -2.53. The number of ether oxygens (including phenoxy) is 3. The molecule has 0 saturated heterocycles. The monoisotopic (exact) mass is 615 g/mol. The predicted molar refractivity (Wildman–Crippen MR) is 136 cm³/mol. The first-order valence-corrected chi connectivity index (χ1v) is 12.8. The van der Waals surface area contributed by atoms with Gasteiger partial charge in [0.15, 0.2) is 22.8 Å². The molecule has 2 unspecified atom stereocenters. The zero-order valence-electron chi connectivity index (χ0n) is 22.3. The number of hydrogen-bond acceptors (Lipinski definition) is 7. The van der Waals surface area contributed by atoms with Gasteiger partial charge in [0.25, 0.3) is 5.91 Å². The van der Waals surface area contributed by atoms with Gasteiger partial charge >= 0.3 is 12.4 Å². The summed E-state index contributed by atoms with van der Waals surface area (Å²) >= 11 is 0. The van der Waals surface area contributed by atoms with Gasteiger partial charge in [-0.25, -0.2) is 9.37 Å². The third-order valence-corrected chi connectivity index (χ3v) is 7.16. The van der Waals surface area contributed by atoms with Crippen LogP contribution in [0, 0.1) is 5.82 Å². The summed E-state index contributed by atoms with van der Waals surface area (Å²) in [5.74, 6) is -1.92. The van der Waals surface area contributed by atoms with Crippen LogP contribution in [0.15, 0.2) is 48.5 Å². The number of carbonyl (C=O) groups excluding carboxylic acids is 1. The van der Waals surface area contributed by atoms with Crippen LogP contribution >= 0.6 is 0 Å². The molecule has 3 aromatic rings. The molecule has 1 fully saturated rings. The van der Waals surface area contributed by atoms with E-state index in [1.807, 2.05) is 5.32 Å². The highest BCUT2D eigenvalue weighted by atomic mass is 19.4. The van der Waals surface area contributed by atoms with Crippen molar-refractivity contribution in [2.24, 2.45) is 5.73 Å². The molecule has 0 bridgehead atoms. The number of benzene rings is 2. The van der Waals surface area contributed by atoms with Crippen LogP contribution in [-0.2, 0) is 11.1 Å². The summed E-state index contributed by atoms with van der Waals surface area (Å²) in [5.41, 5.74) is -4.66. The number of nitrogens with zero attached hydrogens (tertiary/aromatic N) is 1. The van der Waals surface area contributed by atoms with E-state index in [-0.39, 0.29) is 23.0 Å². The average molecular weight is 616 g/mol. The van der Waals surface area contributed by atoms with Gasteiger partial charge in [0.2, 0.25) is 5.60 Å². The van der Waals surface area contributed by atoms with Crippen molar-refractivity contribution in [3.63, 3.8) is 0 Å². The smallest absolute Gasteiger partial charge is 0.424 e. The van der Waals surface area contributed by atoms with Crippen LogP contribution in [0.2, 0.25) is 0 Å². The molecule has 1 aliphatic heterocycles. The number of pyridine rings is 1. The number of hydrogen-bond donors (Lipinski definition) is 3. The number of aliphatic hydroxyl groups is 1. The second-order valence-electron chi connectivity index (χ2n) is 10.2. The van der Waals surface area contributed by atoms with Crippen LogP contribution in [-0.4, -0.2) is 54.7 Å². The molecule has 1 aromatic heterocycles. The molecule has 2 aliphatic rings. The molecule has 1 saturated carbocycles. The molecule has 230 valence electrons. The molecule has 0 spiro atoms. The van der Waals surface area contributed by atoms with E-state index in [0.717, 1.165) is 37.1 Å². The first kappa shape index (κ1) is 30.4. The highest BCUT2D eigenvalue weighted by molar-refractivity contribution is 5.95. The summed E-state index contributed by atoms with van der Waals surface area (Å²) < 4.78 is 115. The summed E-state index contributed by atoms with van der Waals surface area (Å²) in [6.07, 6.45) is -9.08. The van der Waals surface area contributed by atoms with Crippen molar-refractivity contribution in [1.82, 2.24) is 10.3 Å². The maximum absolute atomic E-state index is 14.5. The Balaban J connectivity index is 1.54. The van der Waals surface area contributed by atoms with Crippen LogP contribution in [0.25, 0.3) is 11.3 Å². The van der Waals surface area contributed by atoms with Gasteiger partial charge in [-0.15, -0.1) is 0 Å². The van der Waals surface area contributed by atoms with Crippen molar-refractivity contribution in [3.8, 4) is 28.5 Å². The van der Waals surface area contributed by atoms with E-state index in [2.05, 4.69) is 4.98 Å². The Morgan fingerprint density at radius 1 is 1.09 bits per heavy atom. The van der Waals surface area contributed by atoms with Gasteiger partial charge in [0.05, 0.1) is 25.5 Å². The van der Waals surface area contributed by atoms with Gasteiger partial charge in [0.1, 0.15) is 18.1 Å². The summed E-state index contributed by atoms with van der Waals surface area (Å²) in [6.45, 7) is -2.73. The lowest BCUT2D eigenvalue weighted by atomic mass is 9.87. The van der Waals surface area contributed by atoms with Crippen LogP contribution in [0.1, 0.15) is 34.5 Å². The molecule has 5 rings (SSSR count). The fraction of sp³-hybridized carbons (Fsp3) is 0.357. The van der Waals surface area contributed by atoms with E-state index in [0.29, 0.717) is 11.8 Å². The number of aromatic nitrogens is 1. The van der Waals surface area contributed by atoms with E-state index in [9.17, 15) is 40.6 Å². The van der Waals surface area contributed by atoms with Gasteiger partial charge in [-0.05, 0) is 61.4 Å². The van der Waals surface area contributed by atoms with E-state index in [1.54, 1.807) is 0 Å². The lowest BCUT2D eigenvalue weighted by molar-refractivity contribution is -0.265. The van der Waals surface area contributed by atoms with E-state index < -0.39 is 71.1 Å². The summed E-state index contributed by atoms with van der Waals surface area (Å²) in [7, 11) is 1.31. The van der Waals surface area contributed by atoms with Crippen LogP contribution in [0.3, 0.4) is 0 Å². The summed E-state index contributed by atoms with van der Waals surface area (Å²) in [6, 6.07) is 8.20. The Labute approximate surface area is 239 Å². The van der Waals surface area contributed by atoms with E-state index >= 15 is 0 Å². The highest BCUT2D eigenvalue weighted by Gasteiger charge is 2.61. The molecular weight excluding hydrogens is 591 g/mol. The number of halogens is 7. The second-order valence-corrected chi connectivity index (χ2v) is 10.2. The zero-order valence-corrected chi connectivity index (χ0v) is 22.3. The highest BCUT2D eigenvalue weighted by Crippen LogP contribution is 2.51. The number of nitrogens with two attached hydrogens (primary N) is 1. The van der Waals surface area contributed by atoms with Crippen LogP contribution < -0.4 is 25.3 Å². The molecule has 2 atom stereocenters. The SMILES string of the molecule is COc1cc(C(=O)NCC(O)(c2cc3c(c(-c4ccc(F)cc4)n2)OCC3(N)C(F)(F)F)C(F)(F)F)ccc1OC1CC1. The Hall–Kier alpha value is -4.11. The largest absolute Gasteiger partial charge is 0.493 e. The van der Waals surface area contributed by atoms with E-state index in [4.69, 9.17) is 19.9 Å². The quantitative estimate of drug-likeness (QED) is 0.314. The zero-order chi connectivity index (χ0) is 31.4. The maximum atomic E-state index is 14.5. The molecular formula is C28H24F7N3O5. The molecule has 4 N–H and O–H groups in total. The fourth-order valence-electron chi connectivity index (χ4n) is 4.44. The second kappa shape index (κ2) is 10.6. The number of methoxy groups -OCH3 is 1. The van der Waals surface area contributed by atoms with Crippen molar-refractivity contribution >= 4 is 5.91 Å². The van der Waals surface area contributed by atoms with Crippen molar-refractivity contribution < 1.29 is 54.8 Å². The minimum absolute atomic E-state index is 0.00927. The number of carbonyl (C=O) groups is 1. The number of alkyl halides is 6. The van der Waals surface area contributed by atoms with Crippen LogP contribution in [0.4, 0.5) is 30.7 Å². The van der Waals surface area contributed by atoms with Gasteiger partial charge in [-0.3, -0.25) is 4.79 Å². The number of nitrogens with one attached hydrogen (secondary N) is 1. The first-order valence-electron chi connectivity index (χ1n) is 12.8. The number of amides is 1. The van der Waals surface area contributed by atoms with Crippen molar-refractivity contribution in [2.45, 2.75) is 42.4 Å². The normalized spacial score (nSPS) is 19.7. The third kappa shape index (κ3) is 5.54.